The minimum atomic E-state index is 0.183. The third kappa shape index (κ3) is 3.64. The molecule has 0 aliphatic carbocycles. The van der Waals surface area contributed by atoms with E-state index >= 15 is 0 Å². The SMILES string of the molecule is CCCOc1c(Cl)cc(Cl)cc1C(C)Cc1cn[nH]n1. The van der Waals surface area contributed by atoms with Crippen molar-refractivity contribution in [3.8, 4) is 5.75 Å². The number of halogens is 2. The fourth-order valence-corrected chi connectivity index (χ4v) is 2.61. The Bertz CT molecular complexity index is 558. The van der Waals surface area contributed by atoms with E-state index in [9.17, 15) is 0 Å². The van der Waals surface area contributed by atoms with Crippen LogP contribution in [0.3, 0.4) is 0 Å². The second-order valence-electron chi connectivity index (χ2n) is 4.72. The molecule has 1 heterocycles. The first-order chi connectivity index (χ1) is 9.61. The second kappa shape index (κ2) is 6.95. The number of hydrogen-bond donors (Lipinski definition) is 1. The lowest BCUT2D eigenvalue weighted by molar-refractivity contribution is 0.312. The molecular weight excluding hydrogens is 297 g/mol. The van der Waals surface area contributed by atoms with Crippen molar-refractivity contribution in [2.45, 2.75) is 32.6 Å². The molecule has 1 aromatic carbocycles. The molecule has 2 rings (SSSR count). The summed E-state index contributed by atoms with van der Waals surface area (Å²) in [5.74, 6) is 0.900. The highest BCUT2D eigenvalue weighted by atomic mass is 35.5. The first-order valence-corrected chi connectivity index (χ1v) is 7.33. The molecule has 1 aromatic heterocycles. The van der Waals surface area contributed by atoms with Crippen molar-refractivity contribution < 1.29 is 4.74 Å². The summed E-state index contributed by atoms with van der Waals surface area (Å²) in [6.45, 7) is 4.78. The Morgan fingerprint density at radius 3 is 2.80 bits per heavy atom. The van der Waals surface area contributed by atoms with Gasteiger partial charge in [-0.25, -0.2) is 0 Å². The van der Waals surface area contributed by atoms with Crippen molar-refractivity contribution in [3.63, 3.8) is 0 Å². The molecule has 1 unspecified atom stereocenters. The zero-order valence-corrected chi connectivity index (χ0v) is 13.0. The number of aromatic nitrogens is 3. The normalized spacial score (nSPS) is 12.4. The van der Waals surface area contributed by atoms with Crippen LogP contribution in [0.15, 0.2) is 18.3 Å². The van der Waals surface area contributed by atoms with Gasteiger partial charge in [0.1, 0.15) is 5.75 Å². The Morgan fingerprint density at radius 2 is 2.15 bits per heavy atom. The van der Waals surface area contributed by atoms with Crippen LogP contribution in [0, 0.1) is 0 Å². The molecule has 1 atom stereocenters. The quantitative estimate of drug-likeness (QED) is 0.867. The number of nitrogens with one attached hydrogen (secondary N) is 1. The predicted octanol–water partition coefficient (Wildman–Crippen LogP) is 4.25. The van der Waals surface area contributed by atoms with Crippen molar-refractivity contribution in [1.82, 2.24) is 15.4 Å². The zero-order chi connectivity index (χ0) is 14.5. The highest BCUT2D eigenvalue weighted by Gasteiger charge is 2.17. The van der Waals surface area contributed by atoms with Gasteiger partial charge in [0.2, 0.25) is 0 Å². The highest BCUT2D eigenvalue weighted by Crippen LogP contribution is 2.37. The number of rotatable bonds is 6. The van der Waals surface area contributed by atoms with E-state index < -0.39 is 0 Å². The van der Waals surface area contributed by atoms with Crippen molar-refractivity contribution in [1.29, 1.82) is 0 Å². The first-order valence-electron chi connectivity index (χ1n) is 6.58. The minimum absolute atomic E-state index is 0.183. The summed E-state index contributed by atoms with van der Waals surface area (Å²) in [4.78, 5) is 0. The third-order valence-electron chi connectivity index (χ3n) is 3.00. The summed E-state index contributed by atoms with van der Waals surface area (Å²) in [6, 6.07) is 3.61. The van der Waals surface area contributed by atoms with Gasteiger partial charge in [-0.1, -0.05) is 37.0 Å². The lowest BCUT2D eigenvalue weighted by atomic mass is 9.95. The fraction of sp³-hybridized carbons (Fsp3) is 0.429. The molecule has 20 heavy (non-hydrogen) atoms. The van der Waals surface area contributed by atoms with E-state index in [0.29, 0.717) is 22.4 Å². The van der Waals surface area contributed by atoms with Crippen LogP contribution in [0.2, 0.25) is 10.0 Å². The average Bonchev–Trinajstić information content (AvgIpc) is 2.89. The molecule has 2 aromatic rings. The van der Waals surface area contributed by atoms with Crippen molar-refractivity contribution >= 4 is 23.2 Å². The smallest absolute Gasteiger partial charge is 0.141 e. The van der Waals surface area contributed by atoms with E-state index in [0.717, 1.165) is 24.1 Å². The van der Waals surface area contributed by atoms with Gasteiger partial charge in [-0.2, -0.15) is 15.4 Å². The maximum Gasteiger partial charge on any atom is 0.141 e. The number of nitrogens with zero attached hydrogens (tertiary/aromatic N) is 2. The number of benzene rings is 1. The van der Waals surface area contributed by atoms with Crippen molar-refractivity contribution in [2.24, 2.45) is 0 Å². The van der Waals surface area contributed by atoms with Gasteiger partial charge in [-0.3, -0.25) is 0 Å². The van der Waals surface area contributed by atoms with Gasteiger partial charge >= 0.3 is 0 Å². The largest absolute Gasteiger partial charge is 0.492 e. The van der Waals surface area contributed by atoms with Crippen LogP contribution in [0.4, 0.5) is 0 Å². The molecule has 108 valence electrons. The topological polar surface area (TPSA) is 50.8 Å². The molecule has 0 fully saturated rings. The number of aromatic amines is 1. The van der Waals surface area contributed by atoms with E-state index in [1.165, 1.54) is 0 Å². The summed E-state index contributed by atoms with van der Waals surface area (Å²) >= 11 is 12.4. The van der Waals surface area contributed by atoms with Crippen molar-refractivity contribution in [2.75, 3.05) is 6.61 Å². The van der Waals surface area contributed by atoms with Gasteiger partial charge in [0, 0.05) is 10.6 Å². The fourth-order valence-electron chi connectivity index (χ4n) is 2.05. The lowest BCUT2D eigenvalue weighted by Gasteiger charge is -2.18. The number of H-pyrrole nitrogens is 1. The zero-order valence-electron chi connectivity index (χ0n) is 11.5. The summed E-state index contributed by atoms with van der Waals surface area (Å²) in [5.41, 5.74) is 1.90. The van der Waals surface area contributed by atoms with Gasteiger partial charge in [0.15, 0.2) is 0 Å². The van der Waals surface area contributed by atoms with Crippen LogP contribution in [-0.4, -0.2) is 22.0 Å². The Balaban J connectivity index is 2.27. The monoisotopic (exact) mass is 313 g/mol. The Morgan fingerprint density at radius 1 is 1.35 bits per heavy atom. The van der Waals surface area contributed by atoms with Gasteiger partial charge in [-0.15, -0.1) is 0 Å². The number of ether oxygens (including phenoxy) is 1. The first kappa shape index (κ1) is 15.1. The van der Waals surface area contributed by atoms with Gasteiger partial charge in [0.25, 0.3) is 0 Å². The molecule has 6 heteroatoms. The van der Waals surface area contributed by atoms with Crippen LogP contribution in [0.1, 0.15) is 37.4 Å². The van der Waals surface area contributed by atoms with E-state index in [-0.39, 0.29) is 5.92 Å². The molecule has 0 saturated heterocycles. The average molecular weight is 314 g/mol. The molecule has 0 aliphatic rings. The van der Waals surface area contributed by atoms with Crippen LogP contribution < -0.4 is 4.74 Å². The summed E-state index contributed by atoms with van der Waals surface area (Å²) in [7, 11) is 0. The molecule has 1 N–H and O–H groups in total. The minimum Gasteiger partial charge on any atom is -0.492 e. The Labute approximate surface area is 128 Å². The Hall–Kier alpha value is -1.26. The summed E-state index contributed by atoms with van der Waals surface area (Å²) in [5, 5.41) is 11.7. The molecule has 0 amide bonds. The maximum absolute atomic E-state index is 6.25. The molecule has 0 aliphatic heterocycles. The molecule has 0 bridgehead atoms. The summed E-state index contributed by atoms with van der Waals surface area (Å²) in [6.07, 6.45) is 3.39. The van der Waals surface area contributed by atoms with Crippen LogP contribution in [-0.2, 0) is 6.42 Å². The van der Waals surface area contributed by atoms with E-state index in [1.54, 1.807) is 12.3 Å². The van der Waals surface area contributed by atoms with Crippen LogP contribution >= 0.6 is 23.2 Å². The standard InChI is InChI=1S/C14H17Cl2N3O/c1-3-4-20-14-12(6-10(15)7-13(14)16)9(2)5-11-8-17-19-18-11/h6-9H,3-5H2,1-2H3,(H,17,18,19). The van der Waals surface area contributed by atoms with Gasteiger partial charge < -0.3 is 4.74 Å². The van der Waals surface area contributed by atoms with E-state index in [4.69, 9.17) is 27.9 Å². The molecule has 0 saturated carbocycles. The van der Waals surface area contributed by atoms with Crippen LogP contribution in [0.25, 0.3) is 0 Å². The maximum atomic E-state index is 6.25. The molecule has 0 spiro atoms. The predicted molar refractivity (Wildman–Crippen MR) is 80.7 cm³/mol. The molecule has 4 nitrogen and oxygen atoms in total. The Kier molecular flexibility index (Phi) is 5.26. The second-order valence-corrected chi connectivity index (χ2v) is 5.56. The highest BCUT2D eigenvalue weighted by molar-refractivity contribution is 6.35. The van der Waals surface area contributed by atoms with Gasteiger partial charge in [-0.05, 0) is 30.9 Å². The lowest BCUT2D eigenvalue weighted by Crippen LogP contribution is -2.05. The van der Waals surface area contributed by atoms with E-state index in [1.807, 2.05) is 6.07 Å². The van der Waals surface area contributed by atoms with Gasteiger partial charge in [0.05, 0.1) is 23.5 Å². The number of hydrogen-bond acceptors (Lipinski definition) is 3. The van der Waals surface area contributed by atoms with Crippen molar-refractivity contribution in [3.05, 3.63) is 39.6 Å². The molecular formula is C14H17Cl2N3O. The van der Waals surface area contributed by atoms with E-state index in [2.05, 4.69) is 29.3 Å². The third-order valence-corrected chi connectivity index (χ3v) is 3.50. The van der Waals surface area contributed by atoms with Crippen LogP contribution in [0.5, 0.6) is 5.75 Å². The summed E-state index contributed by atoms with van der Waals surface area (Å²) < 4.78 is 5.78. The molecule has 0 radical (unpaired) electrons.